The van der Waals surface area contributed by atoms with Gasteiger partial charge in [-0.2, -0.15) is 0 Å². The van der Waals surface area contributed by atoms with Crippen LogP contribution >= 0.6 is 11.8 Å². The number of thioether (sulfide) groups is 1. The molecule has 1 aliphatic rings. The van der Waals surface area contributed by atoms with E-state index in [1.54, 1.807) is 40.9 Å². The van der Waals surface area contributed by atoms with Gasteiger partial charge in [-0.1, -0.05) is 48.2 Å². The van der Waals surface area contributed by atoms with Crippen LogP contribution in [0.3, 0.4) is 0 Å². The molecule has 1 fully saturated rings. The lowest BCUT2D eigenvalue weighted by atomic mass is 10.1. The second-order valence-electron chi connectivity index (χ2n) is 7.01. The first-order valence-corrected chi connectivity index (χ1v) is 10.8. The van der Waals surface area contributed by atoms with Crippen molar-refractivity contribution in [3.63, 3.8) is 0 Å². The smallest absolute Gasteiger partial charge is 0.266 e. The molecular weight excluding hydrogens is 396 g/mol. The van der Waals surface area contributed by atoms with Gasteiger partial charge in [-0.25, -0.2) is 4.99 Å². The summed E-state index contributed by atoms with van der Waals surface area (Å²) in [7, 11) is 0. The van der Waals surface area contributed by atoms with Gasteiger partial charge in [-0.15, -0.1) is 0 Å². The molecule has 3 aromatic rings. The van der Waals surface area contributed by atoms with Gasteiger partial charge < -0.3 is 4.74 Å². The molecule has 1 saturated heterocycles. The highest BCUT2D eigenvalue weighted by molar-refractivity contribution is 8.13. The minimum Gasteiger partial charge on any atom is -0.483 e. The molecule has 3 aromatic carbocycles. The summed E-state index contributed by atoms with van der Waals surface area (Å²) in [4.78, 5) is 30.7. The summed E-state index contributed by atoms with van der Waals surface area (Å²) in [6, 6.07) is 20.9. The number of ketones is 1. The zero-order chi connectivity index (χ0) is 20.9. The Balaban J connectivity index is 1.49. The standard InChI is InChI=1S/C24H22N2O3S/c1-17(27)18-10-12-20(13-11-18)25-24-26(14-5-15-30-24)23(28)16-29-22-9-4-7-19-6-2-3-8-21(19)22/h2-4,6-13H,5,14-16H2,1H3. The Morgan fingerprint density at radius 1 is 1.03 bits per heavy atom. The molecule has 1 heterocycles. The highest BCUT2D eigenvalue weighted by Gasteiger charge is 2.24. The average molecular weight is 419 g/mol. The number of rotatable bonds is 5. The molecule has 0 bridgehead atoms. The molecule has 0 atom stereocenters. The predicted octanol–water partition coefficient (Wildman–Crippen LogP) is 5.07. The fraction of sp³-hybridized carbons (Fsp3) is 0.208. The molecule has 0 radical (unpaired) electrons. The minimum absolute atomic E-state index is 0.0173. The lowest BCUT2D eigenvalue weighted by molar-refractivity contribution is -0.129. The van der Waals surface area contributed by atoms with Crippen molar-refractivity contribution >= 4 is 45.1 Å². The van der Waals surface area contributed by atoms with E-state index in [-0.39, 0.29) is 18.3 Å². The predicted molar refractivity (Wildman–Crippen MR) is 122 cm³/mol. The molecular formula is C24H22N2O3S. The third-order valence-electron chi connectivity index (χ3n) is 4.89. The summed E-state index contributed by atoms with van der Waals surface area (Å²) in [5, 5.41) is 2.73. The zero-order valence-corrected chi connectivity index (χ0v) is 17.5. The normalized spacial score (nSPS) is 15.4. The zero-order valence-electron chi connectivity index (χ0n) is 16.7. The number of hydrogen-bond donors (Lipinski definition) is 0. The Labute approximate surface area is 179 Å². The van der Waals surface area contributed by atoms with Crippen molar-refractivity contribution in [2.45, 2.75) is 13.3 Å². The van der Waals surface area contributed by atoms with E-state index in [0.717, 1.165) is 28.6 Å². The molecule has 6 heteroatoms. The van der Waals surface area contributed by atoms with Crippen molar-refractivity contribution in [2.75, 3.05) is 18.9 Å². The van der Waals surface area contributed by atoms with E-state index in [0.29, 0.717) is 23.0 Å². The van der Waals surface area contributed by atoms with Crippen LogP contribution in [0.5, 0.6) is 5.75 Å². The number of aliphatic imine (C=N–C) groups is 1. The van der Waals surface area contributed by atoms with Gasteiger partial charge in [0.2, 0.25) is 0 Å². The number of amides is 1. The molecule has 0 spiro atoms. The third kappa shape index (κ3) is 4.54. The Morgan fingerprint density at radius 2 is 1.80 bits per heavy atom. The quantitative estimate of drug-likeness (QED) is 0.543. The number of hydrogen-bond acceptors (Lipinski definition) is 5. The number of fused-ring (bicyclic) bond motifs is 1. The Morgan fingerprint density at radius 3 is 2.60 bits per heavy atom. The third-order valence-corrected chi connectivity index (χ3v) is 5.95. The number of Topliss-reactive ketones (excluding diaryl/α,β-unsaturated/α-hetero) is 1. The van der Waals surface area contributed by atoms with Crippen molar-refractivity contribution in [2.24, 2.45) is 4.99 Å². The first-order chi connectivity index (χ1) is 14.6. The van der Waals surface area contributed by atoms with E-state index in [9.17, 15) is 9.59 Å². The average Bonchev–Trinajstić information content (AvgIpc) is 2.78. The van der Waals surface area contributed by atoms with Gasteiger partial charge in [-0.3, -0.25) is 14.5 Å². The van der Waals surface area contributed by atoms with Crippen LogP contribution in [0.25, 0.3) is 10.8 Å². The van der Waals surface area contributed by atoms with Crippen molar-refractivity contribution < 1.29 is 14.3 Å². The summed E-state index contributed by atoms with van der Waals surface area (Å²) in [6.07, 6.45) is 0.910. The second-order valence-corrected chi connectivity index (χ2v) is 8.07. The van der Waals surface area contributed by atoms with E-state index in [4.69, 9.17) is 4.74 Å². The van der Waals surface area contributed by atoms with Crippen LogP contribution in [0.4, 0.5) is 5.69 Å². The highest BCUT2D eigenvalue weighted by Crippen LogP contribution is 2.26. The molecule has 1 aliphatic heterocycles. The molecule has 4 rings (SSSR count). The summed E-state index contributed by atoms with van der Waals surface area (Å²) in [6.45, 7) is 2.11. The van der Waals surface area contributed by atoms with Gasteiger partial charge in [0.25, 0.3) is 5.91 Å². The Bertz CT molecular complexity index is 1100. The topological polar surface area (TPSA) is 59.0 Å². The van der Waals surface area contributed by atoms with Gasteiger partial charge in [0.1, 0.15) is 5.75 Å². The molecule has 152 valence electrons. The maximum Gasteiger partial charge on any atom is 0.266 e. The van der Waals surface area contributed by atoms with E-state index >= 15 is 0 Å². The summed E-state index contributed by atoms with van der Waals surface area (Å²) < 4.78 is 5.88. The van der Waals surface area contributed by atoms with Gasteiger partial charge in [0.05, 0.1) is 5.69 Å². The molecule has 30 heavy (non-hydrogen) atoms. The lowest BCUT2D eigenvalue weighted by Gasteiger charge is -2.27. The van der Waals surface area contributed by atoms with Crippen LogP contribution in [-0.4, -0.2) is 40.7 Å². The first-order valence-electron chi connectivity index (χ1n) is 9.85. The van der Waals surface area contributed by atoms with Crippen molar-refractivity contribution in [3.8, 4) is 5.75 Å². The SMILES string of the molecule is CC(=O)c1ccc(N=C2SCCCN2C(=O)COc2cccc3ccccc23)cc1. The number of benzene rings is 3. The number of carbonyl (C=O) groups excluding carboxylic acids is 2. The van der Waals surface area contributed by atoms with E-state index in [1.807, 2.05) is 42.5 Å². The number of amidine groups is 1. The van der Waals surface area contributed by atoms with E-state index in [2.05, 4.69) is 4.99 Å². The Kier molecular flexibility index (Phi) is 6.14. The molecule has 0 aromatic heterocycles. The van der Waals surface area contributed by atoms with Crippen LogP contribution in [0.2, 0.25) is 0 Å². The molecule has 0 aliphatic carbocycles. The molecule has 0 saturated carbocycles. The van der Waals surface area contributed by atoms with Crippen LogP contribution < -0.4 is 4.74 Å². The van der Waals surface area contributed by atoms with Crippen LogP contribution in [0.1, 0.15) is 23.7 Å². The van der Waals surface area contributed by atoms with Gasteiger partial charge in [0, 0.05) is 23.2 Å². The van der Waals surface area contributed by atoms with Crippen molar-refractivity contribution in [1.82, 2.24) is 4.90 Å². The molecule has 0 unspecified atom stereocenters. The summed E-state index contributed by atoms with van der Waals surface area (Å²) >= 11 is 1.56. The second kappa shape index (κ2) is 9.13. The number of ether oxygens (including phenoxy) is 1. The minimum atomic E-state index is -0.116. The van der Waals surface area contributed by atoms with Gasteiger partial charge >= 0.3 is 0 Å². The molecule has 1 amide bonds. The summed E-state index contributed by atoms with van der Waals surface area (Å²) in [5.74, 6) is 1.51. The maximum absolute atomic E-state index is 12.9. The highest BCUT2D eigenvalue weighted by atomic mass is 32.2. The van der Waals surface area contributed by atoms with Gasteiger partial charge in [-0.05, 0) is 49.1 Å². The number of nitrogens with zero attached hydrogens (tertiary/aromatic N) is 2. The monoisotopic (exact) mass is 418 g/mol. The lowest BCUT2D eigenvalue weighted by Crippen LogP contribution is -2.41. The van der Waals surface area contributed by atoms with E-state index < -0.39 is 0 Å². The first kappa shape index (κ1) is 20.2. The fourth-order valence-corrected chi connectivity index (χ4v) is 4.28. The molecule has 0 N–H and O–H groups in total. The van der Waals surface area contributed by atoms with E-state index in [1.165, 1.54) is 6.92 Å². The van der Waals surface area contributed by atoms with Gasteiger partial charge in [0.15, 0.2) is 17.6 Å². The van der Waals surface area contributed by atoms with Crippen LogP contribution in [-0.2, 0) is 4.79 Å². The molecule has 5 nitrogen and oxygen atoms in total. The Hall–Kier alpha value is -3.12. The largest absolute Gasteiger partial charge is 0.483 e. The summed E-state index contributed by atoms with van der Waals surface area (Å²) in [5.41, 5.74) is 1.36. The van der Waals surface area contributed by atoms with Crippen molar-refractivity contribution in [1.29, 1.82) is 0 Å². The number of carbonyl (C=O) groups is 2. The van der Waals surface area contributed by atoms with Crippen LogP contribution in [0, 0.1) is 0 Å². The fourth-order valence-electron chi connectivity index (χ4n) is 3.30. The maximum atomic E-state index is 12.9. The van der Waals surface area contributed by atoms with Crippen molar-refractivity contribution in [3.05, 3.63) is 72.3 Å². The van der Waals surface area contributed by atoms with Crippen LogP contribution in [0.15, 0.2) is 71.7 Å².